The normalized spacial score (nSPS) is 14.8. The van der Waals surface area contributed by atoms with Crippen molar-refractivity contribution in [3.05, 3.63) is 65.2 Å². The van der Waals surface area contributed by atoms with Crippen LogP contribution in [0.3, 0.4) is 0 Å². The number of amides is 2. The van der Waals surface area contributed by atoms with E-state index < -0.39 is 10.0 Å². The number of benzene rings is 2. The van der Waals surface area contributed by atoms with Crippen molar-refractivity contribution < 1.29 is 22.7 Å². The molecule has 0 bridgehead atoms. The van der Waals surface area contributed by atoms with Gasteiger partial charge >= 0.3 is 6.09 Å². The van der Waals surface area contributed by atoms with E-state index in [0.717, 1.165) is 11.1 Å². The first-order valence-electron chi connectivity index (χ1n) is 10.7. The van der Waals surface area contributed by atoms with E-state index in [-0.39, 0.29) is 29.5 Å². The Hall–Kier alpha value is -2.91. The maximum atomic E-state index is 12.5. The largest absolute Gasteiger partial charge is 0.450 e. The van der Waals surface area contributed by atoms with Crippen LogP contribution in [0.15, 0.2) is 53.4 Å². The van der Waals surface area contributed by atoms with Gasteiger partial charge in [0.2, 0.25) is 10.0 Å². The lowest BCUT2D eigenvalue weighted by Crippen LogP contribution is -2.46. The minimum atomic E-state index is -3.60. The number of likely N-dealkylation sites (tertiary alicyclic amines) is 1. The van der Waals surface area contributed by atoms with Crippen LogP contribution in [0.4, 0.5) is 4.79 Å². The second-order valence-corrected chi connectivity index (χ2v) is 9.54. The molecule has 1 aliphatic rings. The van der Waals surface area contributed by atoms with Gasteiger partial charge in [-0.15, -0.1) is 0 Å². The van der Waals surface area contributed by atoms with Crippen molar-refractivity contribution in [1.82, 2.24) is 14.9 Å². The minimum Gasteiger partial charge on any atom is -0.450 e. The molecule has 8 nitrogen and oxygen atoms in total. The third kappa shape index (κ3) is 6.30. The van der Waals surface area contributed by atoms with Crippen molar-refractivity contribution in [3.63, 3.8) is 0 Å². The summed E-state index contributed by atoms with van der Waals surface area (Å²) in [5.74, 6) is -0.189. The number of rotatable bonds is 7. The number of carbonyl (C=O) groups is 2. The summed E-state index contributed by atoms with van der Waals surface area (Å²) in [6, 6.07) is 13.5. The van der Waals surface area contributed by atoms with Gasteiger partial charge in [-0.1, -0.05) is 29.8 Å². The highest BCUT2D eigenvalue weighted by atomic mass is 32.2. The summed E-state index contributed by atoms with van der Waals surface area (Å²) in [6.45, 7) is 5.24. The van der Waals surface area contributed by atoms with Gasteiger partial charge in [0.05, 0.1) is 11.5 Å². The number of hydrogen-bond acceptors (Lipinski definition) is 5. The fraction of sp³-hybridized carbons (Fsp3) is 0.391. The van der Waals surface area contributed by atoms with Gasteiger partial charge in [-0.3, -0.25) is 4.79 Å². The van der Waals surface area contributed by atoms with Gasteiger partial charge < -0.3 is 15.0 Å². The molecule has 0 saturated carbocycles. The molecule has 172 valence electrons. The lowest BCUT2D eigenvalue weighted by Gasteiger charge is -2.31. The van der Waals surface area contributed by atoms with Gasteiger partial charge in [0.1, 0.15) is 0 Å². The Balaban J connectivity index is 1.49. The highest BCUT2D eigenvalue weighted by molar-refractivity contribution is 7.89. The molecule has 2 aromatic carbocycles. The lowest BCUT2D eigenvalue weighted by molar-refractivity contribution is 0.0860. The number of aryl methyl sites for hydroxylation is 1. The van der Waals surface area contributed by atoms with E-state index in [2.05, 4.69) is 10.0 Å². The molecule has 3 rings (SSSR count). The average Bonchev–Trinajstić information content (AvgIpc) is 2.79. The SMILES string of the molecule is CCOC(=O)N1CCC(NC(=O)c2ccc(CNS(=O)(=O)c3ccc(C)cc3)cc2)CC1. The van der Waals surface area contributed by atoms with E-state index in [1.54, 1.807) is 60.4 Å². The molecule has 0 atom stereocenters. The predicted octanol–water partition coefficient (Wildman–Crippen LogP) is 2.82. The second kappa shape index (κ2) is 10.6. The molecule has 32 heavy (non-hydrogen) atoms. The molecular weight excluding hydrogens is 430 g/mol. The van der Waals surface area contributed by atoms with Gasteiger partial charge in [0.15, 0.2) is 0 Å². The molecule has 0 radical (unpaired) electrons. The van der Waals surface area contributed by atoms with E-state index in [4.69, 9.17) is 4.74 Å². The summed E-state index contributed by atoms with van der Waals surface area (Å²) >= 11 is 0. The summed E-state index contributed by atoms with van der Waals surface area (Å²) in [5.41, 5.74) is 2.24. The molecule has 2 amide bonds. The van der Waals surface area contributed by atoms with Gasteiger partial charge in [0, 0.05) is 31.2 Å². The topological polar surface area (TPSA) is 105 Å². The van der Waals surface area contributed by atoms with Crippen LogP contribution < -0.4 is 10.0 Å². The number of nitrogens with one attached hydrogen (secondary N) is 2. The molecule has 0 aromatic heterocycles. The fourth-order valence-electron chi connectivity index (χ4n) is 3.44. The molecule has 0 unspecified atom stereocenters. The lowest BCUT2D eigenvalue weighted by atomic mass is 10.0. The molecule has 2 N–H and O–H groups in total. The molecule has 1 saturated heterocycles. The number of sulfonamides is 1. The third-order valence-electron chi connectivity index (χ3n) is 5.37. The van der Waals surface area contributed by atoms with Gasteiger partial charge in [-0.2, -0.15) is 0 Å². The Morgan fingerprint density at radius 1 is 1.03 bits per heavy atom. The van der Waals surface area contributed by atoms with Crippen LogP contribution in [0.5, 0.6) is 0 Å². The van der Waals surface area contributed by atoms with Crippen molar-refractivity contribution in [2.75, 3.05) is 19.7 Å². The van der Waals surface area contributed by atoms with Crippen molar-refractivity contribution in [2.45, 2.75) is 44.2 Å². The van der Waals surface area contributed by atoms with Crippen LogP contribution in [0.1, 0.15) is 41.3 Å². The third-order valence-corrected chi connectivity index (χ3v) is 6.79. The number of ether oxygens (including phenoxy) is 1. The van der Waals surface area contributed by atoms with Crippen molar-refractivity contribution in [3.8, 4) is 0 Å². The maximum Gasteiger partial charge on any atom is 0.409 e. The summed E-state index contributed by atoms with van der Waals surface area (Å²) in [6.07, 6.45) is 1.03. The standard InChI is InChI=1S/C23H29N3O5S/c1-3-31-23(28)26-14-12-20(13-15-26)25-22(27)19-8-6-18(7-9-19)16-24-32(29,30)21-10-4-17(2)5-11-21/h4-11,20,24H,3,12-16H2,1-2H3,(H,25,27). The molecule has 9 heteroatoms. The summed E-state index contributed by atoms with van der Waals surface area (Å²) in [7, 11) is -3.60. The maximum absolute atomic E-state index is 12.5. The Bertz CT molecular complexity index is 1030. The minimum absolute atomic E-state index is 0.00540. The van der Waals surface area contributed by atoms with E-state index >= 15 is 0 Å². The second-order valence-electron chi connectivity index (χ2n) is 7.77. The average molecular weight is 460 g/mol. The van der Waals surface area contributed by atoms with Crippen LogP contribution in [-0.2, 0) is 21.3 Å². The van der Waals surface area contributed by atoms with Crippen molar-refractivity contribution in [1.29, 1.82) is 0 Å². The molecule has 0 aliphatic carbocycles. The summed E-state index contributed by atoms with van der Waals surface area (Å²) in [5, 5.41) is 3.00. The molecule has 1 fully saturated rings. The number of piperidine rings is 1. The zero-order valence-electron chi connectivity index (χ0n) is 18.3. The zero-order valence-corrected chi connectivity index (χ0v) is 19.2. The molecule has 1 heterocycles. The van der Waals surface area contributed by atoms with Crippen molar-refractivity contribution in [2.24, 2.45) is 0 Å². The first kappa shape index (κ1) is 23.7. The quantitative estimate of drug-likeness (QED) is 0.663. The molecule has 1 aliphatic heterocycles. The van der Waals surface area contributed by atoms with Gasteiger partial charge in [-0.25, -0.2) is 17.9 Å². The first-order chi connectivity index (χ1) is 15.3. The highest BCUT2D eigenvalue weighted by Gasteiger charge is 2.24. The monoisotopic (exact) mass is 459 g/mol. The zero-order chi connectivity index (χ0) is 23.1. The van der Waals surface area contributed by atoms with Crippen LogP contribution in [-0.4, -0.2) is 51.1 Å². The van der Waals surface area contributed by atoms with Crippen molar-refractivity contribution >= 4 is 22.0 Å². The predicted molar refractivity (Wildman–Crippen MR) is 121 cm³/mol. The summed E-state index contributed by atoms with van der Waals surface area (Å²) in [4.78, 5) is 26.2. The van der Waals surface area contributed by atoms with E-state index in [1.165, 1.54) is 0 Å². The van der Waals surface area contributed by atoms with Gasteiger partial charge in [-0.05, 0) is 56.5 Å². The fourth-order valence-corrected chi connectivity index (χ4v) is 4.46. The van der Waals surface area contributed by atoms with E-state index in [1.807, 2.05) is 6.92 Å². The summed E-state index contributed by atoms with van der Waals surface area (Å²) < 4.78 is 32.4. The molecular formula is C23H29N3O5S. The van der Waals surface area contributed by atoms with Crippen LogP contribution in [0, 0.1) is 6.92 Å². The Kier molecular flexibility index (Phi) is 7.87. The van der Waals surface area contributed by atoms with E-state index in [9.17, 15) is 18.0 Å². The Labute approximate surface area is 189 Å². The number of hydrogen-bond donors (Lipinski definition) is 2. The van der Waals surface area contributed by atoms with Crippen LogP contribution >= 0.6 is 0 Å². The van der Waals surface area contributed by atoms with Gasteiger partial charge in [0.25, 0.3) is 5.91 Å². The highest BCUT2D eigenvalue weighted by Crippen LogP contribution is 2.14. The Morgan fingerprint density at radius 2 is 1.66 bits per heavy atom. The smallest absolute Gasteiger partial charge is 0.409 e. The Morgan fingerprint density at radius 3 is 2.25 bits per heavy atom. The number of carbonyl (C=O) groups excluding carboxylic acids is 2. The molecule has 2 aromatic rings. The van der Waals surface area contributed by atoms with E-state index in [0.29, 0.717) is 38.1 Å². The van der Waals surface area contributed by atoms with Crippen LogP contribution in [0.25, 0.3) is 0 Å². The first-order valence-corrected chi connectivity index (χ1v) is 12.1. The number of nitrogens with zero attached hydrogens (tertiary/aromatic N) is 1. The molecule has 0 spiro atoms. The van der Waals surface area contributed by atoms with Crippen LogP contribution in [0.2, 0.25) is 0 Å².